The molecule has 1 rings (SSSR count). The molecule has 1 aromatic rings. The number of phenols is 1. The Balaban J connectivity index is 2.62. The summed E-state index contributed by atoms with van der Waals surface area (Å²) in [6.45, 7) is 1.95. The smallest absolute Gasteiger partial charge is 0.427 e. The van der Waals surface area contributed by atoms with Crippen LogP contribution in [0.2, 0.25) is 5.02 Å². The number of rotatable bonds is 3. The summed E-state index contributed by atoms with van der Waals surface area (Å²) in [5.41, 5.74) is 2.54. The maximum Gasteiger partial charge on any atom is 0.427 e. The first-order chi connectivity index (χ1) is 7.63. The van der Waals surface area contributed by atoms with E-state index in [0.717, 1.165) is 0 Å². The fourth-order valence-electron chi connectivity index (χ4n) is 0.947. The van der Waals surface area contributed by atoms with Gasteiger partial charge in [-0.1, -0.05) is 11.6 Å². The van der Waals surface area contributed by atoms with Gasteiger partial charge in [-0.2, -0.15) is 5.10 Å². The molecule has 0 fully saturated rings. The normalized spacial score (nSPS) is 10.4. The molecule has 0 heterocycles. The molecule has 0 unspecified atom stereocenters. The van der Waals surface area contributed by atoms with Crippen molar-refractivity contribution in [1.82, 2.24) is 5.43 Å². The van der Waals surface area contributed by atoms with Gasteiger partial charge in [-0.3, -0.25) is 0 Å². The Bertz CT molecular complexity index is 407. The lowest BCUT2D eigenvalue weighted by Crippen LogP contribution is -2.18. The highest BCUT2D eigenvalue weighted by Crippen LogP contribution is 2.19. The molecule has 0 spiro atoms. The van der Waals surface area contributed by atoms with Crippen LogP contribution in [0, 0.1) is 0 Å². The maximum absolute atomic E-state index is 10.8. The van der Waals surface area contributed by atoms with Crippen LogP contribution in [0.15, 0.2) is 23.3 Å². The molecule has 0 radical (unpaired) electrons. The number of hydrazone groups is 1. The number of carbonyl (C=O) groups is 1. The van der Waals surface area contributed by atoms with Crippen molar-refractivity contribution >= 4 is 23.9 Å². The van der Waals surface area contributed by atoms with Crippen LogP contribution < -0.4 is 5.43 Å². The average Bonchev–Trinajstić information content (AvgIpc) is 2.23. The van der Waals surface area contributed by atoms with Gasteiger partial charge >= 0.3 is 6.09 Å². The lowest BCUT2D eigenvalue weighted by molar-refractivity contribution is 0.152. The lowest BCUT2D eigenvalue weighted by Gasteiger charge is -2.00. The number of benzene rings is 1. The molecular weight excluding hydrogens is 232 g/mol. The van der Waals surface area contributed by atoms with Crippen molar-refractivity contribution in [1.29, 1.82) is 0 Å². The summed E-state index contributed by atoms with van der Waals surface area (Å²) in [5.74, 6) is 0.0267. The second-order valence-corrected chi connectivity index (χ2v) is 3.23. The van der Waals surface area contributed by atoms with Gasteiger partial charge in [-0.25, -0.2) is 10.2 Å². The second kappa shape index (κ2) is 5.97. The third kappa shape index (κ3) is 3.78. The van der Waals surface area contributed by atoms with Crippen LogP contribution in [0.5, 0.6) is 5.75 Å². The third-order valence-electron chi connectivity index (χ3n) is 1.62. The van der Waals surface area contributed by atoms with Gasteiger partial charge in [0.05, 0.1) is 12.8 Å². The molecule has 0 aliphatic carbocycles. The summed E-state index contributed by atoms with van der Waals surface area (Å²) in [6.07, 6.45) is 0.623. The molecule has 0 aliphatic rings. The van der Waals surface area contributed by atoms with E-state index in [9.17, 15) is 9.90 Å². The summed E-state index contributed by atoms with van der Waals surface area (Å²) in [4.78, 5) is 10.8. The number of hydrogen-bond acceptors (Lipinski definition) is 4. The Hall–Kier alpha value is -1.75. The number of aromatic hydroxyl groups is 1. The number of hydrogen-bond donors (Lipinski definition) is 2. The monoisotopic (exact) mass is 242 g/mol. The van der Waals surface area contributed by atoms with Crippen LogP contribution in [-0.4, -0.2) is 24.0 Å². The number of amides is 1. The van der Waals surface area contributed by atoms with Crippen molar-refractivity contribution in [3.63, 3.8) is 0 Å². The minimum atomic E-state index is -0.653. The van der Waals surface area contributed by atoms with Gasteiger partial charge < -0.3 is 9.84 Å². The number of nitrogens with one attached hydrogen (secondary N) is 1. The Morgan fingerprint density at radius 3 is 3.12 bits per heavy atom. The molecular formula is C10H11ClN2O3. The van der Waals surface area contributed by atoms with E-state index in [-0.39, 0.29) is 12.4 Å². The van der Waals surface area contributed by atoms with Crippen molar-refractivity contribution in [2.24, 2.45) is 5.10 Å². The van der Waals surface area contributed by atoms with E-state index in [1.807, 2.05) is 0 Å². The van der Waals surface area contributed by atoms with E-state index in [1.165, 1.54) is 18.3 Å². The molecule has 0 saturated heterocycles. The molecule has 1 aromatic carbocycles. The maximum atomic E-state index is 10.8. The Morgan fingerprint density at radius 1 is 1.69 bits per heavy atom. The summed E-state index contributed by atoms with van der Waals surface area (Å²) in [6, 6.07) is 4.51. The molecule has 6 heteroatoms. The van der Waals surface area contributed by atoms with E-state index in [2.05, 4.69) is 15.3 Å². The third-order valence-corrected chi connectivity index (χ3v) is 1.86. The van der Waals surface area contributed by atoms with E-state index < -0.39 is 6.09 Å². The van der Waals surface area contributed by atoms with Gasteiger partial charge in [0.15, 0.2) is 0 Å². The van der Waals surface area contributed by atoms with Crippen LogP contribution in [0.4, 0.5) is 4.79 Å². The predicted molar refractivity (Wildman–Crippen MR) is 60.9 cm³/mol. The number of carbonyl (C=O) groups excluding carboxylic acids is 1. The summed E-state index contributed by atoms with van der Waals surface area (Å²) in [5, 5.41) is 13.5. The largest absolute Gasteiger partial charge is 0.507 e. The van der Waals surface area contributed by atoms with Gasteiger partial charge in [-0.15, -0.1) is 0 Å². The Morgan fingerprint density at radius 2 is 2.44 bits per heavy atom. The zero-order valence-corrected chi connectivity index (χ0v) is 9.36. The van der Waals surface area contributed by atoms with Crippen LogP contribution in [0.1, 0.15) is 12.5 Å². The number of ether oxygens (including phenoxy) is 1. The minimum absolute atomic E-state index is 0.0267. The molecule has 0 bridgehead atoms. The molecule has 2 N–H and O–H groups in total. The Labute approximate surface area is 97.7 Å². The van der Waals surface area contributed by atoms with Crippen LogP contribution in [0.25, 0.3) is 0 Å². The second-order valence-electron chi connectivity index (χ2n) is 2.79. The standard InChI is InChI=1S/C10H11ClN2O3/c1-2-16-10(15)13-12-6-7-5-8(11)3-4-9(7)14/h3-6,14H,2H2,1H3,(H,13,15)/b12-6+. The first-order valence-corrected chi connectivity index (χ1v) is 4.95. The first-order valence-electron chi connectivity index (χ1n) is 4.58. The van der Waals surface area contributed by atoms with E-state index in [4.69, 9.17) is 11.6 Å². The molecule has 0 aliphatic heterocycles. The zero-order chi connectivity index (χ0) is 12.0. The van der Waals surface area contributed by atoms with Crippen molar-refractivity contribution < 1.29 is 14.6 Å². The number of nitrogens with zero attached hydrogens (tertiary/aromatic N) is 1. The average molecular weight is 243 g/mol. The van der Waals surface area contributed by atoms with Crippen molar-refractivity contribution in [3.05, 3.63) is 28.8 Å². The van der Waals surface area contributed by atoms with Crippen LogP contribution in [0.3, 0.4) is 0 Å². The molecule has 0 saturated carbocycles. The fourth-order valence-corrected chi connectivity index (χ4v) is 1.13. The van der Waals surface area contributed by atoms with Crippen molar-refractivity contribution in [3.8, 4) is 5.75 Å². The Kier molecular flexibility index (Phi) is 4.60. The first kappa shape index (κ1) is 12.3. The highest BCUT2D eigenvalue weighted by Gasteiger charge is 2.00. The quantitative estimate of drug-likeness (QED) is 0.630. The molecule has 16 heavy (non-hydrogen) atoms. The van der Waals surface area contributed by atoms with Crippen molar-refractivity contribution in [2.45, 2.75) is 6.92 Å². The fraction of sp³-hybridized carbons (Fsp3) is 0.200. The molecule has 0 atom stereocenters. The van der Waals surface area contributed by atoms with Gasteiger partial charge in [0.1, 0.15) is 5.75 Å². The van der Waals surface area contributed by atoms with Gasteiger partial charge in [0.25, 0.3) is 0 Å². The lowest BCUT2D eigenvalue weighted by atomic mass is 10.2. The molecule has 86 valence electrons. The van der Waals surface area contributed by atoms with Gasteiger partial charge in [0, 0.05) is 10.6 Å². The van der Waals surface area contributed by atoms with Crippen LogP contribution in [-0.2, 0) is 4.74 Å². The SMILES string of the molecule is CCOC(=O)N/N=C/c1cc(Cl)ccc1O. The van der Waals surface area contributed by atoms with E-state index in [0.29, 0.717) is 10.6 Å². The topological polar surface area (TPSA) is 70.9 Å². The molecule has 1 amide bonds. The highest BCUT2D eigenvalue weighted by atomic mass is 35.5. The number of halogens is 1. The van der Waals surface area contributed by atoms with Crippen LogP contribution >= 0.6 is 11.6 Å². The molecule has 0 aromatic heterocycles. The minimum Gasteiger partial charge on any atom is -0.507 e. The highest BCUT2D eigenvalue weighted by molar-refractivity contribution is 6.30. The van der Waals surface area contributed by atoms with Crippen molar-refractivity contribution in [2.75, 3.05) is 6.61 Å². The van der Waals surface area contributed by atoms with E-state index in [1.54, 1.807) is 13.0 Å². The zero-order valence-electron chi connectivity index (χ0n) is 8.61. The molecule has 5 nitrogen and oxygen atoms in total. The van der Waals surface area contributed by atoms with Gasteiger partial charge in [-0.05, 0) is 25.1 Å². The number of phenolic OH excluding ortho intramolecular Hbond substituents is 1. The van der Waals surface area contributed by atoms with Gasteiger partial charge in [0.2, 0.25) is 0 Å². The van der Waals surface area contributed by atoms with E-state index >= 15 is 0 Å². The summed E-state index contributed by atoms with van der Waals surface area (Å²) >= 11 is 5.72. The summed E-state index contributed by atoms with van der Waals surface area (Å²) < 4.78 is 4.58. The summed E-state index contributed by atoms with van der Waals surface area (Å²) in [7, 11) is 0. The predicted octanol–water partition coefficient (Wildman–Crippen LogP) is 2.13.